The molecule has 0 aromatic heterocycles. The molecule has 1 aliphatic heterocycles. The number of nitrogens with zero attached hydrogens (tertiary/aromatic N) is 2. The number of piperidine rings is 1. The van der Waals surface area contributed by atoms with Gasteiger partial charge in [-0.2, -0.15) is 0 Å². The van der Waals surface area contributed by atoms with Crippen molar-refractivity contribution in [2.24, 2.45) is 11.5 Å². The van der Waals surface area contributed by atoms with E-state index in [1.165, 1.54) is 0 Å². The van der Waals surface area contributed by atoms with Gasteiger partial charge < -0.3 is 26.6 Å². The van der Waals surface area contributed by atoms with E-state index in [4.69, 9.17) is 16.2 Å². The summed E-state index contributed by atoms with van der Waals surface area (Å²) in [5, 5.41) is 14.8. The van der Waals surface area contributed by atoms with Crippen LogP contribution in [0.25, 0.3) is 0 Å². The fraction of sp³-hybridized carbons (Fsp3) is 0.500. The van der Waals surface area contributed by atoms with Crippen molar-refractivity contribution in [3.05, 3.63) is 71.8 Å². The van der Waals surface area contributed by atoms with Crippen LogP contribution in [-0.4, -0.2) is 75.2 Å². The standard InChI is InChI=1S/C32H45N5O6/c1-32(2,3)35-28(40)25-16-10-11-19-36(25)29(26(38)18-17-22-12-6-4-7-13-22)37(30(41)24(33)20-27(34)39)31(42)43-21-23-14-8-5-9-15-23/h4-9,12-15,24-26,29,38H,10-11,16-21,33H2,1-3H3,(H2,34,39)(H,35,40)/t24-,25-,26?,29?/m0/s1. The Labute approximate surface area is 253 Å². The van der Waals surface area contributed by atoms with Gasteiger partial charge in [0.05, 0.1) is 24.6 Å². The maximum absolute atomic E-state index is 13.9. The number of nitrogens with one attached hydrogen (secondary N) is 1. The Balaban J connectivity index is 2.03. The highest BCUT2D eigenvalue weighted by molar-refractivity contribution is 5.97. The number of amides is 4. The lowest BCUT2D eigenvalue weighted by Crippen LogP contribution is -2.67. The topological polar surface area (TPSA) is 168 Å². The molecule has 1 heterocycles. The largest absolute Gasteiger partial charge is 0.444 e. The van der Waals surface area contributed by atoms with Gasteiger partial charge >= 0.3 is 6.09 Å². The molecule has 0 bridgehead atoms. The van der Waals surface area contributed by atoms with Crippen molar-refractivity contribution < 1.29 is 29.0 Å². The molecule has 0 spiro atoms. The van der Waals surface area contributed by atoms with E-state index in [1.54, 1.807) is 29.2 Å². The summed E-state index contributed by atoms with van der Waals surface area (Å²) >= 11 is 0. The van der Waals surface area contributed by atoms with Gasteiger partial charge in [-0.1, -0.05) is 67.1 Å². The second-order valence-electron chi connectivity index (χ2n) is 12.0. The Morgan fingerprint density at radius 2 is 1.63 bits per heavy atom. The number of nitrogens with two attached hydrogens (primary N) is 2. The molecule has 1 fully saturated rings. The predicted molar refractivity (Wildman–Crippen MR) is 162 cm³/mol. The Morgan fingerprint density at radius 3 is 2.21 bits per heavy atom. The van der Waals surface area contributed by atoms with Gasteiger partial charge in [0.15, 0.2) is 0 Å². The molecule has 6 N–H and O–H groups in total. The number of primary amides is 1. The summed E-state index contributed by atoms with van der Waals surface area (Å²) in [4.78, 5) is 55.4. The number of carbonyl (C=O) groups excluding carboxylic acids is 4. The zero-order valence-electron chi connectivity index (χ0n) is 25.3. The molecule has 2 unspecified atom stereocenters. The number of rotatable bonds is 12. The molecular formula is C32H45N5O6. The van der Waals surface area contributed by atoms with Crippen LogP contribution in [0.1, 0.15) is 64.0 Å². The number of aliphatic hydroxyl groups is 1. The normalized spacial score (nSPS) is 17.7. The second kappa shape index (κ2) is 15.6. The highest BCUT2D eigenvalue weighted by Crippen LogP contribution is 2.27. The molecule has 234 valence electrons. The molecule has 0 aliphatic carbocycles. The summed E-state index contributed by atoms with van der Waals surface area (Å²) in [6.07, 6.45) is -1.64. The molecule has 0 saturated carbocycles. The lowest BCUT2D eigenvalue weighted by Gasteiger charge is -2.46. The van der Waals surface area contributed by atoms with E-state index in [-0.39, 0.29) is 18.9 Å². The van der Waals surface area contributed by atoms with Crippen molar-refractivity contribution in [2.45, 2.75) is 95.8 Å². The van der Waals surface area contributed by atoms with E-state index in [2.05, 4.69) is 5.32 Å². The van der Waals surface area contributed by atoms with E-state index in [9.17, 15) is 24.3 Å². The van der Waals surface area contributed by atoms with Crippen LogP contribution in [0.3, 0.4) is 0 Å². The van der Waals surface area contributed by atoms with E-state index >= 15 is 0 Å². The first-order valence-electron chi connectivity index (χ1n) is 14.7. The number of aliphatic hydroxyl groups excluding tert-OH is 1. The maximum atomic E-state index is 13.9. The molecule has 0 radical (unpaired) electrons. The fourth-order valence-corrected chi connectivity index (χ4v) is 5.25. The first kappa shape index (κ1) is 33.7. The minimum atomic E-state index is -1.46. The fourth-order valence-electron chi connectivity index (χ4n) is 5.25. The minimum absolute atomic E-state index is 0.144. The van der Waals surface area contributed by atoms with Gasteiger partial charge in [0, 0.05) is 12.1 Å². The van der Waals surface area contributed by atoms with Crippen LogP contribution in [0.15, 0.2) is 60.7 Å². The zero-order chi connectivity index (χ0) is 31.6. The summed E-state index contributed by atoms with van der Waals surface area (Å²) < 4.78 is 5.58. The summed E-state index contributed by atoms with van der Waals surface area (Å²) in [5.74, 6) is -2.03. The van der Waals surface area contributed by atoms with Crippen LogP contribution >= 0.6 is 0 Å². The first-order valence-corrected chi connectivity index (χ1v) is 14.7. The lowest BCUT2D eigenvalue weighted by atomic mass is 9.95. The number of ether oxygens (including phenoxy) is 1. The molecular weight excluding hydrogens is 550 g/mol. The van der Waals surface area contributed by atoms with Crippen LogP contribution in [-0.2, 0) is 32.1 Å². The summed E-state index contributed by atoms with van der Waals surface area (Å²) in [7, 11) is 0. The Kier molecular flexibility index (Phi) is 12.2. The van der Waals surface area contributed by atoms with Gasteiger partial charge in [0.2, 0.25) is 11.8 Å². The van der Waals surface area contributed by atoms with Crippen molar-refractivity contribution in [1.29, 1.82) is 0 Å². The van der Waals surface area contributed by atoms with Crippen molar-refractivity contribution in [1.82, 2.24) is 15.1 Å². The molecule has 11 nitrogen and oxygen atoms in total. The number of hydrogen-bond donors (Lipinski definition) is 4. The third-order valence-corrected chi connectivity index (χ3v) is 7.24. The van der Waals surface area contributed by atoms with Crippen LogP contribution < -0.4 is 16.8 Å². The molecule has 2 aromatic carbocycles. The Hall–Kier alpha value is -3.80. The van der Waals surface area contributed by atoms with Gasteiger partial charge in [-0.3, -0.25) is 19.3 Å². The number of benzene rings is 2. The van der Waals surface area contributed by atoms with Crippen molar-refractivity contribution >= 4 is 23.8 Å². The quantitative estimate of drug-likeness (QED) is 0.290. The summed E-state index contributed by atoms with van der Waals surface area (Å²) in [6.45, 7) is 5.78. The van der Waals surface area contributed by atoms with Crippen molar-refractivity contribution in [3.63, 3.8) is 0 Å². The van der Waals surface area contributed by atoms with Crippen molar-refractivity contribution in [2.75, 3.05) is 6.54 Å². The smallest absolute Gasteiger partial charge is 0.418 e. The SMILES string of the molecule is CC(C)(C)NC(=O)[C@@H]1CCCCN1C(C(O)CCc1ccccc1)N(C(=O)OCc1ccccc1)C(=O)[C@@H](N)CC(N)=O. The number of aryl methyl sites for hydroxylation is 1. The molecule has 4 amide bonds. The molecule has 43 heavy (non-hydrogen) atoms. The highest BCUT2D eigenvalue weighted by atomic mass is 16.6. The third-order valence-electron chi connectivity index (χ3n) is 7.24. The minimum Gasteiger partial charge on any atom is -0.444 e. The van der Waals surface area contributed by atoms with Gasteiger partial charge in [-0.05, 0) is 57.6 Å². The summed E-state index contributed by atoms with van der Waals surface area (Å²) in [5.41, 5.74) is 12.5. The van der Waals surface area contributed by atoms with E-state index in [0.29, 0.717) is 31.4 Å². The van der Waals surface area contributed by atoms with E-state index < -0.39 is 54.2 Å². The molecule has 1 aliphatic rings. The predicted octanol–water partition coefficient (Wildman–Crippen LogP) is 2.44. The van der Waals surface area contributed by atoms with Crippen LogP contribution in [0, 0.1) is 0 Å². The van der Waals surface area contributed by atoms with Gasteiger partial charge in [-0.25, -0.2) is 9.69 Å². The third kappa shape index (κ3) is 10.2. The Morgan fingerprint density at radius 1 is 1.02 bits per heavy atom. The zero-order valence-corrected chi connectivity index (χ0v) is 25.3. The summed E-state index contributed by atoms with van der Waals surface area (Å²) in [6, 6.07) is 16.2. The van der Waals surface area contributed by atoms with Gasteiger partial charge in [0.25, 0.3) is 5.91 Å². The maximum Gasteiger partial charge on any atom is 0.418 e. The lowest BCUT2D eigenvalue weighted by molar-refractivity contribution is -0.151. The molecule has 3 rings (SSSR count). The second-order valence-corrected chi connectivity index (χ2v) is 12.0. The van der Waals surface area contributed by atoms with Gasteiger partial charge in [0.1, 0.15) is 12.8 Å². The van der Waals surface area contributed by atoms with E-state index in [1.807, 2.05) is 57.2 Å². The highest BCUT2D eigenvalue weighted by Gasteiger charge is 2.46. The molecule has 1 saturated heterocycles. The van der Waals surface area contributed by atoms with Crippen LogP contribution in [0.2, 0.25) is 0 Å². The Bertz CT molecular complexity index is 1220. The number of imide groups is 1. The number of carbonyl (C=O) groups is 4. The monoisotopic (exact) mass is 595 g/mol. The number of likely N-dealkylation sites (tertiary alicyclic amines) is 1. The molecule has 2 aromatic rings. The van der Waals surface area contributed by atoms with E-state index in [0.717, 1.165) is 16.9 Å². The van der Waals surface area contributed by atoms with Gasteiger partial charge in [-0.15, -0.1) is 0 Å². The van der Waals surface area contributed by atoms with Crippen molar-refractivity contribution in [3.8, 4) is 0 Å². The van der Waals surface area contributed by atoms with Crippen LogP contribution in [0.4, 0.5) is 4.79 Å². The average Bonchev–Trinajstić information content (AvgIpc) is 2.97. The van der Waals surface area contributed by atoms with Crippen LogP contribution in [0.5, 0.6) is 0 Å². The number of hydrogen-bond acceptors (Lipinski definition) is 8. The first-order chi connectivity index (χ1) is 20.4. The molecule has 11 heteroatoms. The molecule has 4 atom stereocenters. The average molecular weight is 596 g/mol.